The molecular formula is C10H8Cl2N2O2. The van der Waals surface area contributed by atoms with Crippen LogP contribution in [0.25, 0.3) is 0 Å². The Morgan fingerprint density at radius 3 is 2.62 bits per heavy atom. The number of hydrogen-bond donors (Lipinski definition) is 1. The maximum Gasteiger partial charge on any atom is 0.328 e. The van der Waals surface area contributed by atoms with E-state index in [4.69, 9.17) is 23.2 Å². The molecule has 16 heavy (non-hydrogen) atoms. The van der Waals surface area contributed by atoms with E-state index >= 15 is 0 Å². The largest absolute Gasteiger partial charge is 0.328 e. The molecule has 0 bridgehead atoms. The molecule has 1 aliphatic rings. The molecular weight excluding hydrogens is 251 g/mol. The summed E-state index contributed by atoms with van der Waals surface area (Å²) in [5.74, 6) is -0.272. The number of benzene rings is 1. The summed E-state index contributed by atoms with van der Waals surface area (Å²) in [7, 11) is 0. The van der Waals surface area contributed by atoms with Crippen LogP contribution in [-0.2, 0) is 4.79 Å². The fraction of sp³-hybridized carbons (Fsp3) is 0.200. The molecule has 1 aromatic rings. The molecule has 1 aliphatic heterocycles. The van der Waals surface area contributed by atoms with Crippen molar-refractivity contribution in [3.8, 4) is 0 Å². The van der Waals surface area contributed by atoms with Gasteiger partial charge < -0.3 is 0 Å². The van der Waals surface area contributed by atoms with Crippen LogP contribution in [0.2, 0.25) is 10.0 Å². The lowest BCUT2D eigenvalue weighted by atomic mass is 10.2. The van der Waals surface area contributed by atoms with Crippen LogP contribution in [-0.4, -0.2) is 18.5 Å². The van der Waals surface area contributed by atoms with Crippen molar-refractivity contribution in [3.05, 3.63) is 28.2 Å². The Morgan fingerprint density at radius 2 is 2.00 bits per heavy atom. The van der Waals surface area contributed by atoms with Crippen LogP contribution in [0, 0.1) is 0 Å². The summed E-state index contributed by atoms with van der Waals surface area (Å²) in [5, 5.41) is 3.11. The Bertz CT molecular complexity index is 462. The van der Waals surface area contributed by atoms with Gasteiger partial charge in [-0.25, -0.2) is 4.79 Å². The number of nitrogens with one attached hydrogen (secondary N) is 1. The number of nitrogens with zero attached hydrogens (tertiary/aromatic N) is 1. The first-order chi connectivity index (χ1) is 7.58. The minimum absolute atomic E-state index is 0.269. The van der Waals surface area contributed by atoms with Crippen LogP contribution in [0.5, 0.6) is 0 Å². The van der Waals surface area contributed by atoms with Crippen LogP contribution in [0.1, 0.15) is 6.42 Å². The van der Waals surface area contributed by atoms with Gasteiger partial charge in [-0.1, -0.05) is 23.2 Å². The Labute approximate surface area is 102 Å². The van der Waals surface area contributed by atoms with Gasteiger partial charge in [-0.3, -0.25) is 15.0 Å². The minimum atomic E-state index is -0.458. The summed E-state index contributed by atoms with van der Waals surface area (Å²) < 4.78 is 0. The fourth-order valence-electron chi connectivity index (χ4n) is 1.49. The molecule has 0 saturated carbocycles. The van der Waals surface area contributed by atoms with Gasteiger partial charge in [0, 0.05) is 18.0 Å². The van der Waals surface area contributed by atoms with Gasteiger partial charge in [0.05, 0.1) is 10.7 Å². The molecule has 0 radical (unpaired) electrons. The zero-order chi connectivity index (χ0) is 11.7. The number of halogens is 2. The third-order valence-electron chi connectivity index (χ3n) is 2.25. The molecule has 0 aromatic heterocycles. The Kier molecular flexibility index (Phi) is 3.03. The van der Waals surface area contributed by atoms with Crippen LogP contribution in [0.3, 0.4) is 0 Å². The molecule has 2 rings (SSSR count). The van der Waals surface area contributed by atoms with E-state index in [-0.39, 0.29) is 12.3 Å². The summed E-state index contributed by atoms with van der Waals surface area (Å²) in [4.78, 5) is 23.9. The van der Waals surface area contributed by atoms with Gasteiger partial charge in [-0.2, -0.15) is 0 Å². The van der Waals surface area contributed by atoms with Crippen molar-refractivity contribution >= 4 is 40.8 Å². The zero-order valence-electron chi connectivity index (χ0n) is 8.17. The second-order valence-electron chi connectivity index (χ2n) is 3.35. The molecule has 1 N–H and O–H groups in total. The predicted octanol–water partition coefficient (Wildman–Crippen LogP) is 2.44. The highest BCUT2D eigenvalue weighted by atomic mass is 35.5. The lowest BCUT2D eigenvalue weighted by molar-refractivity contribution is -0.120. The number of carbonyl (C=O) groups is 2. The number of amides is 3. The van der Waals surface area contributed by atoms with Crippen LogP contribution in [0.4, 0.5) is 10.5 Å². The van der Waals surface area contributed by atoms with Crippen molar-refractivity contribution in [1.29, 1.82) is 0 Å². The average molecular weight is 259 g/mol. The quantitative estimate of drug-likeness (QED) is 0.842. The highest BCUT2D eigenvalue weighted by molar-refractivity contribution is 6.36. The van der Waals surface area contributed by atoms with E-state index in [0.29, 0.717) is 22.3 Å². The summed E-state index contributed by atoms with van der Waals surface area (Å²) in [6.45, 7) is 0.325. The summed E-state index contributed by atoms with van der Waals surface area (Å²) >= 11 is 11.7. The number of carbonyl (C=O) groups excluding carboxylic acids is 2. The lowest BCUT2D eigenvalue weighted by Gasteiger charge is -2.27. The normalized spacial score (nSPS) is 16.2. The van der Waals surface area contributed by atoms with E-state index in [9.17, 15) is 9.59 Å². The number of anilines is 1. The van der Waals surface area contributed by atoms with Gasteiger partial charge in [-0.15, -0.1) is 0 Å². The molecule has 1 saturated heterocycles. The number of rotatable bonds is 1. The van der Waals surface area contributed by atoms with Crippen LogP contribution >= 0.6 is 23.2 Å². The second-order valence-corrected chi connectivity index (χ2v) is 4.19. The highest BCUT2D eigenvalue weighted by Gasteiger charge is 2.25. The first-order valence-corrected chi connectivity index (χ1v) is 5.40. The van der Waals surface area contributed by atoms with Gasteiger partial charge in [0.25, 0.3) is 0 Å². The molecule has 0 atom stereocenters. The molecule has 84 valence electrons. The molecule has 3 amide bonds. The van der Waals surface area contributed by atoms with Gasteiger partial charge >= 0.3 is 6.03 Å². The minimum Gasteiger partial charge on any atom is -0.292 e. The Morgan fingerprint density at radius 1 is 1.25 bits per heavy atom. The highest BCUT2D eigenvalue weighted by Crippen LogP contribution is 2.29. The van der Waals surface area contributed by atoms with Crippen molar-refractivity contribution < 1.29 is 9.59 Å². The summed E-state index contributed by atoms with van der Waals surface area (Å²) in [6, 6.07) is 4.40. The SMILES string of the molecule is O=C1CCN(c2ccc(Cl)cc2Cl)C(=O)N1. The second kappa shape index (κ2) is 4.31. The maximum absolute atomic E-state index is 11.5. The van der Waals surface area contributed by atoms with Gasteiger partial charge in [0.15, 0.2) is 0 Å². The lowest BCUT2D eigenvalue weighted by Crippen LogP contribution is -2.49. The third kappa shape index (κ3) is 2.13. The van der Waals surface area contributed by atoms with E-state index in [1.807, 2.05) is 0 Å². The number of urea groups is 1. The fourth-order valence-corrected chi connectivity index (χ4v) is 2.00. The third-order valence-corrected chi connectivity index (χ3v) is 2.79. The van der Waals surface area contributed by atoms with Gasteiger partial charge in [0.1, 0.15) is 0 Å². The first kappa shape index (κ1) is 11.2. The summed E-state index contributed by atoms with van der Waals surface area (Å²) in [5.41, 5.74) is 0.552. The average Bonchev–Trinajstić information content (AvgIpc) is 2.19. The van der Waals surface area contributed by atoms with Crippen molar-refractivity contribution in [1.82, 2.24) is 5.32 Å². The van der Waals surface area contributed by atoms with Gasteiger partial charge in [-0.05, 0) is 18.2 Å². The Hall–Kier alpha value is -1.26. The molecule has 1 aromatic carbocycles. The zero-order valence-corrected chi connectivity index (χ0v) is 9.68. The van der Waals surface area contributed by atoms with E-state index < -0.39 is 6.03 Å². The van der Waals surface area contributed by atoms with Crippen molar-refractivity contribution in [2.75, 3.05) is 11.4 Å². The molecule has 1 fully saturated rings. The Balaban J connectivity index is 2.30. The maximum atomic E-state index is 11.5. The van der Waals surface area contributed by atoms with Crippen molar-refractivity contribution in [2.45, 2.75) is 6.42 Å². The standard InChI is InChI=1S/C10H8Cl2N2O2/c11-6-1-2-8(7(12)5-6)14-4-3-9(15)13-10(14)16/h1-2,5H,3-4H2,(H,13,15,16). The molecule has 0 aliphatic carbocycles. The molecule has 6 heteroatoms. The monoisotopic (exact) mass is 258 g/mol. The molecule has 4 nitrogen and oxygen atoms in total. The topological polar surface area (TPSA) is 49.4 Å². The van der Waals surface area contributed by atoms with E-state index in [1.54, 1.807) is 18.2 Å². The van der Waals surface area contributed by atoms with Gasteiger partial charge in [0.2, 0.25) is 5.91 Å². The molecule has 0 unspecified atom stereocenters. The number of imide groups is 1. The van der Waals surface area contributed by atoms with E-state index in [1.165, 1.54) is 4.90 Å². The van der Waals surface area contributed by atoms with E-state index in [2.05, 4.69) is 5.32 Å². The van der Waals surface area contributed by atoms with Crippen molar-refractivity contribution in [2.24, 2.45) is 0 Å². The smallest absolute Gasteiger partial charge is 0.292 e. The van der Waals surface area contributed by atoms with E-state index in [0.717, 1.165) is 0 Å². The molecule has 1 heterocycles. The van der Waals surface area contributed by atoms with Crippen LogP contribution < -0.4 is 10.2 Å². The predicted molar refractivity (Wildman–Crippen MR) is 62.0 cm³/mol. The van der Waals surface area contributed by atoms with Crippen LogP contribution in [0.15, 0.2) is 18.2 Å². The first-order valence-electron chi connectivity index (χ1n) is 4.64. The van der Waals surface area contributed by atoms with Crippen molar-refractivity contribution in [3.63, 3.8) is 0 Å². The summed E-state index contributed by atoms with van der Waals surface area (Å²) in [6.07, 6.45) is 0.269. The number of hydrogen-bond acceptors (Lipinski definition) is 2. The molecule has 0 spiro atoms.